The van der Waals surface area contributed by atoms with E-state index >= 15 is 0 Å². The van der Waals surface area contributed by atoms with Gasteiger partial charge in [-0.15, -0.1) is 0 Å². The second-order valence-electron chi connectivity index (χ2n) is 4.56. The number of rotatable bonds is 1. The van der Waals surface area contributed by atoms with Gasteiger partial charge < -0.3 is 0 Å². The first-order valence-electron chi connectivity index (χ1n) is 6.01. The summed E-state index contributed by atoms with van der Waals surface area (Å²) in [6, 6.07) is 9.62. The van der Waals surface area contributed by atoms with E-state index in [-0.39, 0.29) is 18.2 Å². The van der Waals surface area contributed by atoms with Gasteiger partial charge in [0.05, 0.1) is 11.9 Å². The second-order valence-corrected chi connectivity index (χ2v) is 4.56. The van der Waals surface area contributed by atoms with Crippen molar-refractivity contribution >= 4 is 28.8 Å². The Morgan fingerprint density at radius 2 is 2.11 bits per heavy atom. The highest BCUT2D eigenvalue weighted by Gasteiger charge is 2.30. The number of hydrogen-bond acceptors (Lipinski definition) is 3. The number of pyridine rings is 1. The lowest BCUT2D eigenvalue weighted by Crippen LogP contribution is -2.23. The predicted octanol–water partition coefficient (Wildman–Crippen LogP) is 2.01. The Balaban J connectivity index is 2.02. The van der Waals surface area contributed by atoms with Gasteiger partial charge in [-0.1, -0.05) is 12.1 Å². The van der Waals surface area contributed by atoms with Crippen molar-refractivity contribution in [2.45, 2.75) is 6.42 Å². The number of nitrogens with zero attached hydrogens (tertiary/aromatic N) is 2. The van der Waals surface area contributed by atoms with Crippen LogP contribution in [0.5, 0.6) is 0 Å². The van der Waals surface area contributed by atoms with Crippen molar-refractivity contribution in [3.05, 3.63) is 47.7 Å². The third-order valence-electron chi connectivity index (χ3n) is 3.26. The van der Waals surface area contributed by atoms with E-state index in [1.807, 2.05) is 30.3 Å². The number of benzene rings is 1. The molecule has 1 aromatic carbocycles. The minimum atomic E-state index is -0.212. The van der Waals surface area contributed by atoms with Crippen LogP contribution in [0.1, 0.15) is 12.0 Å². The molecule has 0 spiro atoms. The average Bonchev–Trinajstić information content (AvgIpc) is 2.66. The quantitative estimate of drug-likeness (QED) is 0.576. The van der Waals surface area contributed by atoms with Crippen molar-refractivity contribution in [2.75, 3.05) is 7.05 Å². The summed E-state index contributed by atoms with van der Waals surface area (Å²) < 4.78 is 0. The van der Waals surface area contributed by atoms with Crippen molar-refractivity contribution in [1.82, 2.24) is 9.88 Å². The zero-order valence-corrected chi connectivity index (χ0v) is 10.5. The van der Waals surface area contributed by atoms with Crippen LogP contribution in [-0.2, 0) is 9.59 Å². The maximum Gasteiger partial charge on any atom is 0.256 e. The molecule has 1 saturated heterocycles. The first kappa shape index (κ1) is 11.6. The van der Waals surface area contributed by atoms with E-state index < -0.39 is 0 Å². The molecule has 0 saturated carbocycles. The number of likely N-dealkylation sites (N-methyl/N-ethyl adjacent to an activating group) is 1. The van der Waals surface area contributed by atoms with E-state index in [0.717, 1.165) is 21.4 Å². The van der Waals surface area contributed by atoms with E-state index in [9.17, 15) is 9.59 Å². The highest BCUT2D eigenvalue weighted by atomic mass is 16.2. The Labute approximate surface area is 110 Å². The lowest BCUT2D eigenvalue weighted by molar-refractivity contribution is -0.135. The van der Waals surface area contributed by atoms with Crippen LogP contribution in [0, 0.1) is 0 Å². The monoisotopic (exact) mass is 252 g/mol. The van der Waals surface area contributed by atoms with Gasteiger partial charge >= 0.3 is 0 Å². The second kappa shape index (κ2) is 4.31. The fraction of sp³-hybridized carbons (Fsp3) is 0.133. The molecular weight excluding hydrogens is 240 g/mol. The number of carbonyl (C=O) groups excluding carboxylic acids is 2. The number of amides is 2. The van der Waals surface area contributed by atoms with Gasteiger partial charge in [0.2, 0.25) is 5.91 Å². The molecule has 0 aliphatic carbocycles. The zero-order valence-electron chi connectivity index (χ0n) is 10.5. The highest BCUT2D eigenvalue weighted by Crippen LogP contribution is 2.21. The summed E-state index contributed by atoms with van der Waals surface area (Å²) in [6.07, 6.45) is 3.70. The molecule has 0 radical (unpaired) electrons. The fourth-order valence-electron chi connectivity index (χ4n) is 2.18. The van der Waals surface area contributed by atoms with E-state index in [0.29, 0.717) is 5.57 Å². The predicted molar refractivity (Wildman–Crippen MR) is 72.1 cm³/mol. The molecule has 1 aliphatic rings. The average molecular weight is 252 g/mol. The minimum Gasteiger partial charge on any atom is -0.282 e. The maximum absolute atomic E-state index is 11.8. The van der Waals surface area contributed by atoms with Crippen LogP contribution in [0.4, 0.5) is 0 Å². The summed E-state index contributed by atoms with van der Waals surface area (Å²) in [7, 11) is 1.51. The van der Waals surface area contributed by atoms with E-state index in [1.54, 1.807) is 12.3 Å². The lowest BCUT2D eigenvalue weighted by atomic mass is 10.1. The Hall–Kier alpha value is -2.49. The summed E-state index contributed by atoms with van der Waals surface area (Å²) in [5.41, 5.74) is 2.36. The van der Waals surface area contributed by atoms with E-state index in [1.165, 1.54) is 7.05 Å². The normalized spacial score (nSPS) is 17.7. The number of hydrogen-bond donors (Lipinski definition) is 0. The molecule has 0 N–H and O–H groups in total. The Bertz CT molecular complexity index is 719. The van der Waals surface area contributed by atoms with Crippen LogP contribution in [0.3, 0.4) is 0 Å². The molecule has 1 fully saturated rings. The summed E-state index contributed by atoms with van der Waals surface area (Å²) in [6.45, 7) is 0. The van der Waals surface area contributed by atoms with Crippen molar-refractivity contribution in [1.29, 1.82) is 0 Å². The van der Waals surface area contributed by atoms with Crippen LogP contribution in [-0.4, -0.2) is 28.7 Å². The van der Waals surface area contributed by atoms with Crippen LogP contribution in [0.2, 0.25) is 0 Å². The number of likely N-dealkylation sites (tertiary alicyclic amines) is 1. The standard InChI is InChI=1S/C15H12N2O2/c1-17-14(18)9-12(15(17)19)8-10-4-5-13-11(7-10)3-2-6-16-13/h2-8H,9H2,1H3/b12-8+. The molecule has 1 aromatic heterocycles. The Morgan fingerprint density at radius 1 is 1.26 bits per heavy atom. The first-order valence-corrected chi connectivity index (χ1v) is 6.01. The van der Waals surface area contributed by atoms with E-state index in [4.69, 9.17) is 0 Å². The van der Waals surface area contributed by atoms with Gasteiger partial charge in [0.15, 0.2) is 0 Å². The SMILES string of the molecule is CN1C(=O)C/C(=C\c2ccc3ncccc3c2)C1=O. The largest absolute Gasteiger partial charge is 0.282 e. The molecule has 4 nitrogen and oxygen atoms in total. The highest BCUT2D eigenvalue weighted by molar-refractivity contribution is 6.15. The summed E-state index contributed by atoms with van der Waals surface area (Å²) in [5, 5.41) is 1.02. The van der Waals surface area contributed by atoms with Gasteiger partial charge in [0.1, 0.15) is 0 Å². The number of carbonyl (C=O) groups is 2. The van der Waals surface area contributed by atoms with Crippen LogP contribution < -0.4 is 0 Å². The maximum atomic E-state index is 11.8. The molecule has 94 valence electrons. The van der Waals surface area contributed by atoms with Gasteiger partial charge in [-0.2, -0.15) is 0 Å². The van der Waals surface area contributed by atoms with Gasteiger partial charge in [-0.3, -0.25) is 19.5 Å². The smallest absolute Gasteiger partial charge is 0.256 e. The molecule has 0 unspecified atom stereocenters. The molecule has 2 amide bonds. The number of aromatic nitrogens is 1. The number of fused-ring (bicyclic) bond motifs is 1. The van der Waals surface area contributed by atoms with Crippen molar-refractivity contribution < 1.29 is 9.59 Å². The third kappa shape index (κ3) is 2.01. The lowest BCUT2D eigenvalue weighted by Gasteiger charge is -2.03. The summed E-state index contributed by atoms with van der Waals surface area (Å²) in [4.78, 5) is 28.7. The molecule has 2 aromatic rings. The van der Waals surface area contributed by atoms with Crippen LogP contribution in [0.25, 0.3) is 17.0 Å². The minimum absolute atomic E-state index is 0.154. The van der Waals surface area contributed by atoms with Gasteiger partial charge in [-0.25, -0.2) is 0 Å². The fourth-order valence-corrected chi connectivity index (χ4v) is 2.18. The van der Waals surface area contributed by atoms with Crippen molar-refractivity contribution in [3.8, 4) is 0 Å². The van der Waals surface area contributed by atoms with Gasteiger partial charge in [0, 0.05) is 24.2 Å². The molecule has 0 atom stereocenters. The molecule has 0 bridgehead atoms. The molecule has 2 heterocycles. The molecule has 4 heteroatoms. The third-order valence-corrected chi connectivity index (χ3v) is 3.26. The molecular formula is C15H12N2O2. The first-order chi connectivity index (χ1) is 9.15. The van der Waals surface area contributed by atoms with E-state index in [2.05, 4.69) is 4.98 Å². The molecule has 3 rings (SSSR count). The molecule has 19 heavy (non-hydrogen) atoms. The van der Waals surface area contributed by atoms with Crippen molar-refractivity contribution in [2.24, 2.45) is 0 Å². The van der Waals surface area contributed by atoms with Crippen LogP contribution >= 0.6 is 0 Å². The molecule has 1 aliphatic heterocycles. The summed E-state index contributed by atoms with van der Waals surface area (Å²) >= 11 is 0. The van der Waals surface area contributed by atoms with Crippen molar-refractivity contribution in [3.63, 3.8) is 0 Å². The Morgan fingerprint density at radius 3 is 2.84 bits per heavy atom. The number of imide groups is 1. The summed E-state index contributed by atoms with van der Waals surface area (Å²) in [5.74, 6) is -0.366. The van der Waals surface area contributed by atoms with Crippen LogP contribution in [0.15, 0.2) is 42.1 Å². The topological polar surface area (TPSA) is 50.3 Å². The Kier molecular flexibility index (Phi) is 2.63. The zero-order chi connectivity index (χ0) is 13.4. The van der Waals surface area contributed by atoms with Gasteiger partial charge in [0.25, 0.3) is 5.91 Å². The van der Waals surface area contributed by atoms with Gasteiger partial charge in [-0.05, 0) is 29.8 Å².